The van der Waals surface area contributed by atoms with Crippen LogP contribution < -0.4 is 34.5 Å². The molecule has 2 aromatic rings. The number of anilines is 2. The van der Waals surface area contributed by atoms with E-state index in [4.69, 9.17) is 0 Å². The fourth-order valence-electron chi connectivity index (χ4n) is 2.73. The molecule has 2 aromatic carbocycles. The predicted octanol–water partition coefficient (Wildman–Crippen LogP) is 1.65. The Hall–Kier alpha value is -1.02. The Kier molecular flexibility index (Phi) is 6.59. The molecular formula is C18H16NNaO3S2. The first-order valence-electron chi connectivity index (χ1n) is 7.39. The van der Waals surface area contributed by atoms with Gasteiger partial charge in [-0.3, -0.25) is 4.90 Å². The van der Waals surface area contributed by atoms with Gasteiger partial charge < -0.3 is 4.55 Å². The van der Waals surface area contributed by atoms with Gasteiger partial charge in [-0.1, -0.05) is 48.2 Å². The molecule has 4 nitrogen and oxygen atoms in total. The van der Waals surface area contributed by atoms with Crippen LogP contribution in [0.15, 0.2) is 81.1 Å². The van der Waals surface area contributed by atoms with Gasteiger partial charge in [-0.2, -0.15) is 0 Å². The predicted molar refractivity (Wildman–Crippen MR) is 96.4 cm³/mol. The van der Waals surface area contributed by atoms with Crippen molar-refractivity contribution < 1.29 is 42.5 Å². The van der Waals surface area contributed by atoms with E-state index in [1.54, 1.807) is 42.7 Å². The Morgan fingerprint density at radius 1 is 1.04 bits per heavy atom. The van der Waals surface area contributed by atoms with Crippen LogP contribution in [0.5, 0.6) is 0 Å². The van der Waals surface area contributed by atoms with Crippen molar-refractivity contribution in [3.8, 4) is 0 Å². The van der Waals surface area contributed by atoms with Crippen LogP contribution in [0.3, 0.4) is 0 Å². The summed E-state index contributed by atoms with van der Waals surface area (Å²) >= 11 is 1.56. The maximum Gasteiger partial charge on any atom is 1.00 e. The van der Waals surface area contributed by atoms with Gasteiger partial charge in [-0.15, -0.1) is 0 Å². The van der Waals surface area contributed by atoms with E-state index in [2.05, 4.69) is 0 Å². The molecule has 0 amide bonds. The topological polar surface area (TPSA) is 60.4 Å². The summed E-state index contributed by atoms with van der Waals surface area (Å²) in [5.41, 5.74) is 1.79. The van der Waals surface area contributed by atoms with Crippen LogP contribution in [0.2, 0.25) is 0 Å². The summed E-state index contributed by atoms with van der Waals surface area (Å²) in [7, 11) is -4.68. The number of fused-ring (bicyclic) bond motifs is 2. The molecule has 0 unspecified atom stereocenters. The summed E-state index contributed by atoms with van der Waals surface area (Å²) in [4.78, 5) is 3.37. The van der Waals surface area contributed by atoms with Gasteiger partial charge in [0.2, 0.25) is 0 Å². The van der Waals surface area contributed by atoms with Crippen LogP contribution in [0.4, 0.5) is 11.4 Å². The summed E-state index contributed by atoms with van der Waals surface area (Å²) < 4.78 is 36.2. The van der Waals surface area contributed by atoms with Crippen LogP contribution >= 0.6 is 11.8 Å². The third-order valence-corrected chi connectivity index (χ3v) is 5.73. The third-order valence-electron chi connectivity index (χ3n) is 3.63. The van der Waals surface area contributed by atoms with E-state index < -0.39 is 10.1 Å². The first-order chi connectivity index (χ1) is 11.4. The van der Waals surface area contributed by atoms with Crippen molar-refractivity contribution in [3.05, 3.63) is 71.3 Å². The summed E-state index contributed by atoms with van der Waals surface area (Å²) in [6.45, 7) is 3.42. The maximum absolute atomic E-state index is 12.1. The van der Waals surface area contributed by atoms with Crippen LogP contribution in [0.25, 0.3) is 0 Å². The molecule has 0 aliphatic carbocycles. The van der Waals surface area contributed by atoms with Crippen molar-refractivity contribution >= 4 is 33.3 Å². The number of rotatable bonds is 3. The van der Waals surface area contributed by atoms with Gasteiger partial charge in [0, 0.05) is 9.79 Å². The first kappa shape index (κ1) is 20.3. The van der Waals surface area contributed by atoms with Gasteiger partial charge >= 0.3 is 29.6 Å². The summed E-state index contributed by atoms with van der Waals surface area (Å²) in [6, 6.07) is 14.9. The average Bonchev–Trinajstić information content (AvgIpc) is 2.53. The van der Waals surface area contributed by atoms with Crippen molar-refractivity contribution in [2.24, 2.45) is 0 Å². The van der Waals surface area contributed by atoms with E-state index in [1.807, 2.05) is 48.5 Å². The van der Waals surface area contributed by atoms with Crippen molar-refractivity contribution in [2.75, 3.05) is 4.90 Å². The molecule has 0 saturated heterocycles. The number of hydrogen-bond donors (Lipinski definition) is 0. The largest absolute Gasteiger partial charge is 1.00 e. The van der Waals surface area contributed by atoms with Gasteiger partial charge in [0.05, 0.1) is 11.4 Å². The molecule has 3 rings (SSSR count). The maximum atomic E-state index is 12.1. The van der Waals surface area contributed by atoms with Crippen molar-refractivity contribution in [1.29, 1.82) is 0 Å². The van der Waals surface area contributed by atoms with Crippen LogP contribution in [-0.4, -0.2) is 13.0 Å². The molecule has 0 atom stereocenters. The number of hydrogen-bond acceptors (Lipinski definition) is 5. The number of benzene rings is 2. The van der Waals surface area contributed by atoms with Crippen LogP contribution in [0, 0.1) is 0 Å². The zero-order valence-corrected chi connectivity index (χ0v) is 17.9. The second-order valence-electron chi connectivity index (χ2n) is 5.32. The normalized spacial score (nSPS) is 14.4. The van der Waals surface area contributed by atoms with E-state index in [0.29, 0.717) is 16.9 Å². The summed E-state index contributed by atoms with van der Waals surface area (Å²) in [5.74, 6) is 0. The fraction of sp³-hybridized carbons (Fsp3) is 0.111. The quantitative estimate of drug-likeness (QED) is 0.460. The van der Waals surface area contributed by atoms with Gasteiger partial charge in [-0.05, 0) is 43.7 Å². The minimum atomic E-state index is -4.68. The molecule has 25 heavy (non-hydrogen) atoms. The molecule has 1 aliphatic heterocycles. The molecule has 124 valence electrons. The molecule has 7 heteroatoms. The molecule has 0 N–H and O–H groups in total. The zero-order valence-electron chi connectivity index (χ0n) is 14.3. The molecule has 0 aromatic heterocycles. The van der Waals surface area contributed by atoms with E-state index in [0.717, 1.165) is 9.79 Å². The number of allylic oxidation sites excluding steroid dienone is 3. The minimum Gasteiger partial charge on any atom is -0.743 e. The Morgan fingerprint density at radius 2 is 1.52 bits per heavy atom. The molecule has 1 heterocycles. The zero-order chi connectivity index (χ0) is 17.3. The van der Waals surface area contributed by atoms with Gasteiger partial charge in [0.25, 0.3) is 0 Å². The second-order valence-corrected chi connectivity index (χ2v) is 7.69. The number of para-hydroxylation sites is 2. The average molecular weight is 381 g/mol. The van der Waals surface area contributed by atoms with E-state index in [1.165, 1.54) is 0 Å². The molecule has 0 spiro atoms. The van der Waals surface area contributed by atoms with E-state index in [9.17, 15) is 13.0 Å². The Labute approximate surface area is 174 Å². The standard InChI is InChI=1S/C18H17NO3S2.Na/c1-3-8-13(2)18(24(20,21)22)19-14-9-4-6-11-16(14)23-17-12-7-5-10-15(17)19;/h3-12H,1-2H3,(H,20,21,22);/q;+1/p-1. The molecular weight excluding hydrogens is 365 g/mol. The van der Waals surface area contributed by atoms with Gasteiger partial charge in [0.1, 0.15) is 15.1 Å². The van der Waals surface area contributed by atoms with Crippen LogP contribution in [0.1, 0.15) is 13.8 Å². The van der Waals surface area contributed by atoms with Gasteiger partial charge in [-0.25, -0.2) is 8.42 Å². The van der Waals surface area contributed by atoms with Crippen molar-refractivity contribution in [3.63, 3.8) is 0 Å². The molecule has 0 saturated carbocycles. The second kappa shape index (κ2) is 8.12. The van der Waals surface area contributed by atoms with Gasteiger partial charge in [0.15, 0.2) is 0 Å². The fourth-order valence-corrected chi connectivity index (χ4v) is 4.67. The molecule has 1 aliphatic rings. The Bertz CT molecular complexity index is 907. The third kappa shape index (κ3) is 4.05. The van der Waals surface area contributed by atoms with E-state index in [-0.39, 0.29) is 34.6 Å². The Morgan fingerprint density at radius 3 is 1.96 bits per heavy atom. The number of nitrogens with zero attached hydrogens (tertiary/aromatic N) is 1. The smallest absolute Gasteiger partial charge is 0.743 e. The van der Waals surface area contributed by atoms with Crippen molar-refractivity contribution in [2.45, 2.75) is 23.6 Å². The molecule has 0 fully saturated rings. The Balaban J connectivity index is 0.00000225. The molecule has 0 radical (unpaired) electrons. The summed E-state index contributed by atoms with van der Waals surface area (Å²) in [5, 5.41) is -0.235. The molecule has 0 bridgehead atoms. The van der Waals surface area contributed by atoms with E-state index >= 15 is 0 Å². The monoisotopic (exact) mass is 381 g/mol. The minimum absolute atomic E-state index is 0. The summed E-state index contributed by atoms with van der Waals surface area (Å²) in [6.07, 6.45) is 3.36. The first-order valence-corrected chi connectivity index (χ1v) is 9.61. The SMILES string of the molecule is CC=CC(C)=C(N1c2ccccc2Sc2ccccc21)S(=O)(=O)[O-].[Na+]. The van der Waals surface area contributed by atoms with Crippen molar-refractivity contribution in [1.82, 2.24) is 0 Å². The van der Waals surface area contributed by atoms with Crippen LogP contribution in [-0.2, 0) is 10.1 Å².